The third-order valence-corrected chi connectivity index (χ3v) is 2.50. The molecule has 1 rings (SSSR count). The summed E-state index contributed by atoms with van der Waals surface area (Å²) in [5.41, 5.74) is 0.589. The first-order valence-corrected chi connectivity index (χ1v) is 6.05. The molecule has 0 aromatic heterocycles. The Morgan fingerprint density at radius 2 is 1.67 bits per heavy atom. The minimum Gasteiger partial charge on any atom is -0.497 e. The van der Waals surface area contributed by atoms with Crippen molar-refractivity contribution in [1.82, 2.24) is 0 Å². The van der Waals surface area contributed by atoms with Gasteiger partial charge in [-0.1, -0.05) is 6.92 Å². The van der Waals surface area contributed by atoms with Crippen molar-refractivity contribution >= 4 is 5.78 Å². The molecule has 0 saturated heterocycles. The van der Waals surface area contributed by atoms with Gasteiger partial charge in [-0.3, -0.25) is 4.79 Å². The third kappa shape index (κ3) is 4.37. The van der Waals surface area contributed by atoms with Crippen LogP contribution in [0.3, 0.4) is 0 Å². The predicted molar refractivity (Wildman–Crippen MR) is 69.6 cm³/mol. The number of hydrogen-bond acceptors (Lipinski definition) is 4. The molecular weight excluding hydrogens is 232 g/mol. The molecule has 1 aromatic carbocycles. The molecule has 0 fully saturated rings. The first-order valence-electron chi connectivity index (χ1n) is 6.05. The summed E-state index contributed by atoms with van der Waals surface area (Å²) in [5, 5.41) is 0. The van der Waals surface area contributed by atoms with Gasteiger partial charge in [0.25, 0.3) is 0 Å². The molecule has 18 heavy (non-hydrogen) atoms. The van der Waals surface area contributed by atoms with Crippen molar-refractivity contribution in [2.24, 2.45) is 0 Å². The Hall–Kier alpha value is -1.55. The van der Waals surface area contributed by atoms with E-state index in [2.05, 4.69) is 0 Å². The lowest BCUT2D eigenvalue weighted by atomic mass is 10.1. The summed E-state index contributed by atoms with van der Waals surface area (Å²) >= 11 is 0. The molecule has 0 aliphatic rings. The van der Waals surface area contributed by atoms with Crippen LogP contribution < -0.4 is 9.47 Å². The van der Waals surface area contributed by atoms with Crippen molar-refractivity contribution in [1.29, 1.82) is 0 Å². The summed E-state index contributed by atoms with van der Waals surface area (Å²) in [7, 11) is 3.13. The Labute approximate surface area is 108 Å². The number of carbonyl (C=O) groups is 1. The van der Waals surface area contributed by atoms with E-state index >= 15 is 0 Å². The van der Waals surface area contributed by atoms with E-state index in [1.54, 1.807) is 32.4 Å². The molecule has 4 nitrogen and oxygen atoms in total. The fraction of sp³-hybridized carbons (Fsp3) is 0.500. The lowest BCUT2D eigenvalue weighted by Crippen LogP contribution is -2.06. The van der Waals surface area contributed by atoms with Gasteiger partial charge in [-0.05, 0) is 18.6 Å². The maximum atomic E-state index is 12.0. The number of carbonyl (C=O) groups excluding carboxylic acids is 1. The van der Waals surface area contributed by atoms with Gasteiger partial charge >= 0.3 is 0 Å². The van der Waals surface area contributed by atoms with Gasteiger partial charge in [-0.15, -0.1) is 0 Å². The van der Waals surface area contributed by atoms with Crippen molar-refractivity contribution in [2.45, 2.75) is 19.8 Å². The molecule has 0 saturated carbocycles. The lowest BCUT2D eigenvalue weighted by Gasteiger charge is -2.08. The predicted octanol–water partition coefficient (Wildman–Crippen LogP) is 2.70. The maximum absolute atomic E-state index is 12.0. The quantitative estimate of drug-likeness (QED) is 0.527. The second-order valence-corrected chi connectivity index (χ2v) is 3.89. The van der Waals surface area contributed by atoms with Gasteiger partial charge in [0.05, 0.1) is 20.8 Å². The van der Waals surface area contributed by atoms with Crippen LogP contribution in [0, 0.1) is 0 Å². The third-order valence-electron chi connectivity index (χ3n) is 2.50. The summed E-state index contributed by atoms with van der Waals surface area (Å²) < 4.78 is 15.6. The van der Waals surface area contributed by atoms with Crippen molar-refractivity contribution in [3.63, 3.8) is 0 Å². The molecule has 0 atom stereocenters. The molecule has 0 spiro atoms. The molecule has 100 valence electrons. The van der Waals surface area contributed by atoms with E-state index in [9.17, 15) is 4.79 Å². The number of methoxy groups -OCH3 is 2. The average Bonchev–Trinajstić information content (AvgIpc) is 2.42. The highest BCUT2D eigenvalue weighted by Crippen LogP contribution is 2.23. The minimum atomic E-state index is 0.0308. The lowest BCUT2D eigenvalue weighted by molar-refractivity contribution is 0.0878. The Morgan fingerprint density at radius 1 is 1.06 bits per heavy atom. The first kappa shape index (κ1) is 14.5. The molecular formula is C14H20O4. The van der Waals surface area contributed by atoms with Gasteiger partial charge in [-0.25, -0.2) is 0 Å². The van der Waals surface area contributed by atoms with Crippen LogP contribution in [0.25, 0.3) is 0 Å². The normalized spacial score (nSPS) is 10.2. The van der Waals surface area contributed by atoms with E-state index in [1.807, 2.05) is 6.92 Å². The molecule has 0 bridgehead atoms. The topological polar surface area (TPSA) is 44.8 Å². The standard InChI is InChI=1S/C14H20O4/c1-4-6-18-7-5-14(15)11-8-12(16-2)10-13(9-11)17-3/h8-10H,4-7H2,1-3H3. The molecule has 1 aromatic rings. The summed E-state index contributed by atoms with van der Waals surface area (Å²) in [4.78, 5) is 12.0. The van der Waals surface area contributed by atoms with E-state index in [4.69, 9.17) is 14.2 Å². The molecule has 0 aliphatic carbocycles. The van der Waals surface area contributed by atoms with E-state index < -0.39 is 0 Å². The summed E-state index contributed by atoms with van der Waals surface area (Å²) in [6, 6.07) is 5.17. The van der Waals surface area contributed by atoms with Gasteiger partial charge in [0.15, 0.2) is 5.78 Å². The zero-order valence-electron chi connectivity index (χ0n) is 11.2. The van der Waals surface area contributed by atoms with Crippen LogP contribution in [0.4, 0.5) is 0 Å². The van der Waals surface area contributed by atoms with Crippen molar-refractivity contribution in [2.75, 3.05) is 27.4 Å². The monoisotopic (exact) mass is 252 g/mol. The van der Waals surface area contributed by atoms with Crippen LogP contribution in [0.5, 0.6) is 11.5 Å². The molecule has 0 unspecified atom stereocenters. The molecule has 0 heterocycles. The van der Waals surface area contributed by atoms with Crippen LogP contribution in [-0.2, 0) is 4.74 Å². The van der Waals surface area contributed by atoms with Gasteiger partial charge in [0, 0.05) is 24.7 Å². The first-order chi connectivity index (χ1) is 8.71. The number of Topliss-reactive ketones (excluding diaryl/α,β-unsaturated/α-hetero) is 1. The summed E-state index contributed by atoms with van der Waals surface area (Å²) in [6.07, 6.45) is 1.33. The van der Waals surface area contributed by atoms with Gasteiger partial charge < -0.3 is 14.2 Å². The zero-order chi connectivity index (χ0) is 13.4. The highest BCUT2D eigenvalue weighted by Gasteiger charge is 2.09. The smallest absolute Gasteiger partial charge is 0.165 e. The number of ether oxygens (including phenoxy) is 3. The molecule has 4 heteroatoms. The largest absolute Gasteiger partial charge is 0.497 e. The number of benzene rings is 1. The van der Waals surface area contributed by atoms with Crippen LogP contribution in [0.2, 0.25) is 0 Å². The average molecular weight is 252 g/mol. The Bertz CT molecular complexity index is 365. The second-order valence-electron chi connectivity index (χ2n) is 3.89. The van der Waals surface area contributed by atoms with E-state index in [0.717, 1.165) is 6.42 Å². The summed E-state index contributed by atoms with van der Waals surface area (Å²) in [5.74, 6) is 1.27. The minimum absolute atomic E-state index is 0.0308. The van der Waals surface area contributed by atoms with E-state index in [-0.39, 0.29) is 5.78 Å². The van der Waals surface area contributed by atoms with Crippen LogP contribution in [0.1, 0.15) is 30.1 Å². The molecule has 0 radical (unpaired) electrons. The highest BCUT2D eigenvalue weighted by atomic mass is 16.5. The van der Waals surface area contributed by atoms with Crippen molar-refractivity contribution in [3.8, 4) is 11.5 Å². The second kappa shape index (κ2) is 7.71. The van der Waals surface area contributed by atoms with Gasteiger partial charge in [0.2, 0.25) is 0 Å². The number of ketones is 1. The molecule has 0 amide bonds. The zero-order valence-corrected chi connectivity index (χ0v) is 11.2. The fourth-order valence-corrected chi connectivity index (χ4v) is 1.52. The Morgan fingerprint density at radius 3 is 2.17 bits per heavy atom. The Kier molecular flexibility index (Phi) is 6.22. The fourth-order valence-electron chi connectivity index (χ4n) is 1.52. The van der Waals surface area contributed by atoms with Crippen LogP contribution in [0.15, 0.2) is 18.2 Å². The molecule has 0 N–H and O–H groups in total. The number of hydrogen-bond donors (Lipinski definition) is 0. The highest BCUT2D eigenvalue weighted by molar-refractivity contribution is 5.96. The molecule has 0 aliphatic heterocycles. The number of rotatable bonds is 8. The van der Waals surface area contributed by atoms with E-state index in [1.165, 1.54) is 0 Å². The Balaban J connectivity index is 2.66. The maximum Gasteiger partial charge on any atom is 0.165 e. The SMILES string of the molecule is CCCOCCC(=O)c1cc(OC)cc(OC)c1. The van der Waals surface area contributed by atoms with Gasteiger partial charge in [-0.2, -0.15) is 0 Å². The van der Waals surface area contributed by atoms with Crippen LogP contribution in [-0.4, -0.2) is 33.2 Å². The summed E-state index contributed by atoms with van der Waals surface area (Å²) in [6.45, 7) is 3.18. The van der Waals surface area contributed by atoms with Crippen LogP contribution >= 0.6 is 0 Å². The van der Waals surface area contributed by atoms with E-state index in [0.29, 0.717) is 36.7 Å². The van der Waals surface area contributed by atoms with Crippen molar-refractivity contribution in [3.05, 3.63) is 23.8 Å². The van der Waals surface area contributed by atoms with Gasteiger partial charge in [0.1, 0.15) is 11.5 Å². The van der Waals surface area contributed by atoms with Crippen molar-refractivity contribution < 1.29 is 19.0 Å².